The predicted octanol–water partition coefficient (Wildman–Crippen LogP) is 15.1. The zero-order chi connectivity index (χ0) is 48.2. The molecule has 0 aliphatic rings. The third-order valence-corrected chi connectivity index (χ3v) is 16.4. The van der Waals surface area contributed by atoms with E-state index in [0.717, 1.165) is 83.5 Å². The second-order valence-electron chi connectivity index (χ2n) is 18.2. The number of rotatable bonds is 8. The summed E-state index contributed by atoms with van der Waals surface area (Å²) >= 11 is -2.09. The first kappa shape index (κ1) is 40.8. The van der Waals surface area contributed by atoms with E-state index in [4.69, 9.17) is 19.9 Å². The number of hydrogen-bond donors (Lipinski definition) is 0. The fourth-order valence-electron chi connectivity index (χ4n) is 8.88. The maximum atomic E-state index is 8.13. The molecule has 0 saturated carbocycles. The molecule has 5 nitrogen and oxygen atoms in total. The molecule has 7 heteroatoms. The summed E-state index contributed by atoms with van der Waals surface area (Å²) < 4.78 is 40.5. The van der Waals surface area contributed by atoms with Crippen molar-refractivity contribution in [1.29, 1.82) is 0 Å². The molecule has 0 bridgehead atoms. The first-order valence-electron chi connectivity index (χ1n) is 24.3. The van der Waals surface area contributed by atoms with Gasteiger partial charge in [0.25, 0.3) is 0 Å². The Morgan fingerprint density at radius 2 is 1.43 bits per heavy atom. The zero-order valence-electron chi connectivity index (χ0n) is 42.5. The predicted molar refractivity (Wildman–Crippen MR) is 272 cm³/mol. The van der Waals surface area contributed by atoms with E-state index in [0.29, 0.717) is 0 Å². The molecule has 0 saturated heterocycles. The molecule has 65 heavy (non-hydrogen) atoms. The molecule has 0 aliphatic heterocycles. The molecule has 4 aromatic heterocycles. The van der Waals surface area contributed by atoms with Crippen LogP contribution in [0.25, 0.3) is 83.3 Å². The Bertz CT molecular complexity index is 3450. The summed E-state index contributed by atoms with van der Waals surface area (Å²) in [7, 11) is 0. The molecule has 1 atom stereocenters. The van der Waals surface area contributed by atoms with Crippen molar-refractivity contribution in [1.82, 2.24) is 19.5 Å². The molecule has 329 valence electrons. The molecular formula is C58H56GeIrN4O-2. The van der Waals surface area contributed by atoms with Crippen LogP contribution in [0.5, 0.6) is 0 Å². The monoisotopic (exact) mass is 1100 g/mol. The van der Waals surface area contributed by atoms with Crippen LogP contribution >= 0.6 is 0 Å². The van der Waals surface area contributed by atoms with Gasteiger partial charge in [-0.25, -0.2) is 4.98 Å². The Morgan fingerprint density at radius 1 is 0.754 bits per heavy atom. The fraction of sp³-hybridized carbons (Fsp3) is 0.224. The molecule has 1 unspecified atom stereocenters. The third-order valence-electron chi connectivity index (χ3n) is 12.2. The van der Waals surface area contributed by atoms with Crippen molar-refractivity contribution in [3.63, 3.8) is 0 Å². The molecule has 10 aromatic rings. The molecule has 1 radical (unpaired) electrons. The number of furan rings is 1. The van der Waals surface area contributed by atoms with E-state index in [-0.39, 0.29) is 43.9 Å². The quantitative estimate of drug-likeness (QED) is 0.112. The third kappa shape index (κ3) is 8.77. The van der Waals surface area contributed by atoms with Crippen LogP contribution in [0.4, 0.5) is 0 Å². The van der Waals surface area contributed by atoms with E-state index in [9.17, 15) is 0 Å². The molecule has 0 amide bonds. The molecule has 0 aliphatic carbocycles. The van der Waals surface area contributed by atoms with Gasteiger partial charge in [-0.2, -0.15) is 0 Å². The largest absolute Gasteiger partial charge is 0 e. The summed E-state index contributed by atoms with van der Waals surface area (Å²) in [5, 5.41) is 4.40. The van der Waals surface area contributed by atoms with Crippen molar-refractivity contribution in [2.75, 3.05) is 0 Å². The molecule has 0 fully saturated rings. The molecular weight excluding hydrogens is 1030 g/mol. The van der Waals surface area contributed by atoms with Crippen molar-refractivity contribution in [3.05, 3.63) is 174 Å². The Kier molecular flexibility index (Phi) is 11.7. The van der Waals surface area contributed by atoms with Gasteiger partial charge < -0.3 is 8.98 Å². The standard InChI is InChI=1S/C41H34N3O.C17H22GeN.Ir/c1-24(2)34-22-28(27-14-7-6-8-15-27)23-35(25(3)4)37(34)44-38-31-18-10-9-16-29(31)26(5)42-40(38)43-41(44)33-20-13-19-32-30-17-11-12-21-36(30)45-39(32)33;1-6-14-11-17(15-9-7-13(2)8-10-15)19-12-16(14)18(3,4)5;/h6-19,21-25H,1-5H3;7-9,11-12H,6H2,1-5H3;/q2*-1;/i;2D3,6D;. The van der Waals surface area contributed by atoms with Crippen LogP contribution in [-0.4, -0.2) is 32.8 Å². The summed E-state index contributed by atoms with van der Waals surface area (Å²) in [5.74, 6) is 8.16. The molecule has 4 heterocycles. The number of nitrogens with zero attached hydrogens (tertiary/aromatic N) is 4. The van der Waals surface area contributed by atoms with E-state index in [1.807, 2.05) is 37.4 Å². The number of benzene rings is 6. The van der Waals surface area contributed by atoms with Crippen LogP contribution in [0.15, 0.2) is 138 Å². The van der Waals surface area contributed by atoms with Crippen molar-refractivity contribution < 1.29 is 30.0 Å². The van der Waals surface area contributed by atoms with Crippen LogP contribution in [0, 0.1) is 25.9 Å². The van der Waals surface area contributed by atoms with Gasteiger partial charge >= 0.3 is 124 Å². The maximum absolute atomic E-state index is 8.13. The average Bonchev–Trinajstić information content (AvgIpc) is 3.90. The SMILES string of the molecule is Cc1nc2nc(-c3[c-]ccc4c3oc3ccccc34)n(-c3c(C(C)C)cc(-c4ccccc4)cc3C(C)C)c2c2ccccc12.[2H]C(C)c1cc(-c2[c-]cc(C([2H])([2H])[2H])cc2)nc[c]1[Ge]([CH3])([CH3])[CH3].[Ir]. The van der Waals surface area contributed by atoms with Gasteiger partial charge in [0.2, 0.25) is 0 Å². The van der Waals surface area contributed by atoms with Crippen LogP contribution in [0.2, 0.25) is 17.3 Å². The number of imidazole rings is 1. The van der Waals surface area contributed by atoms with Gasteiger partial charge in [0.15, 0.2) is 5.65 Å². The minimum absolute atomic E-state index is 0. The number of aryl methyl sites for hydroxylation is 3. The summed E-state index contributed by atoms with van der Waals surface area (Å²) in [6.07, 6.45) is 1.60. The van der Waals surface area contributed by atoms with E-state index in [2.05, 4.69) is 159 Å². The second-order valence-corrected chi connectivity index (χ2v) is 28.8. The maximum Gasteiger partial charge on any atom is 0 e. The van der Waals surface area contributed by atoms with Gasteiger partial charge in [-0.1, -0.05) is 111 Å². The summed E-state index contributed by atoms with van der Waals surface area (Å²) in [6, 6.07) is 49.6. The van der Waals surface area contributed by atoms with Crippen LogP contribution in [0.3, 0.4) is 0 Å². The van der Waals surface area contributed by atoms with E-state index < -0.39 is 20.1 Å². The van der Waals surface area contributed by atoms with Crippen molar-refractivity contribution in [3.8, 4) is 39.5 Å². The topological polar surface area (TPSA) is 56.7 Å². The van der Waals surface area contributed by atoms with E-state index in [1.165, 1.54) is 32.7 Å². The minimum Gasteiger partial charge on any atom is 0 e. The molecule has 0 spiro atoms. The van der Waals surface area contributed by atoms with Gasteiger partial charge in [0, 0.05) is 47.6 Å². The Balaban J connectivity index is 0.000000227. The summed E-state index contributed by atoms with van der Waals surface area (Å²) in [6.45, 7) is 10.9. The number of aromatic nitrogens is 4. The van der Waals surface area contributed by atoms with Gasteiger partial charge in [-0.05, 0) is 59.2 Å². The van der Waals surface area contributed by atoms with E-state index >= 15 is 0 Å². The Labute approximate surface area is 405 Å². The Hall–Kier alpha value is -5.66. The smallest absolute Gasteiger partial charge is 0 e. The average molecular weight is 1090 g/mol. The number of hydrogen-bond acceptors (Lipinski definition) is 4. The first-order valence-corrected chi connectivity index (χ1v) is 29.5. The molecule has 10 rings (SSSR count). The number of pyridine rings is 2. The van der Waals surface area contributed by atoms with E-state index in [1.54, 1.807) is 12.1 Å². The van der Waals surface area contributed by atoms with Gasteiger partial charge in [-0.15, -0.1) is 18.2 Å². The summed E-state index contributed by atoms with van der Waals surface area (Å²) in [4.78, 5) is 15.0. The van der Waals surface area contributed by atoms with Crippen LogP contribution in [-0.2, 0) is 26.5 Å². The number of fused-ring (bicyclic) bond motifs is 6. The van der Waals surface area contributed by atoms with Crippen LogP contribution < -0.4 is 4.40 Å². The van der Waals surface area contributed by atoms with Gasteiger partial charge in [-0.3, -0.25) is 4.98 Å². The minimum atomic E-state index is -2.12. The van der Waals surface area contributed by atoms with Crippen molar-refractivity contribution >= 4 is 61.5 Å². The normalized spacial score (nSPS) is 13.3. The van der Waals surface area contributed by atoms with Crippen LogP contribution in [0.1, 0.15) is 79.9 Å². The van der Waals surface area contributed by atoms with Gasteiger partial charge in [0.1, 0.15) is 5.58 Å². The van der Waals surface area contributed by atoms with Gasteiger partial charge in [0.05, 0.1) is 16.9 Å². The summed E-state index contributed by atoms with van der Waals surface area (Å²) in [5.41, 5.74) is 14.1. The Morgan fingerprint density at radius 3 is 2.08 bits per heavy atom. The number of para-hydroxylation sites is 1. The fourth-order valence-corrected chi connectivity index (χ4v) is 12.1. The van der Waals surface area contributed by atoms with Crippen molar-refractivity contribution in [2.45, 2.75) is 83.9 Å². The second kappa shape index (κ2) is 18.7. The van der Waals surface area contributed by atoms with Crippen molar-refractivity contribution in [2.24, 2.45) is 0 Å². The first-order chi connectivity index (χ1) is 32.4. The molecule has 6 aromatic carbocycles. The molecule has 0 N–H and O–H groups in total. The zero-order valence-corrected chi connectivity index (χ0v) is 43.0.